The van der Waals surface area contributed by atoms with Crippen molar-refractivity contribution in [3.63, 3.8) is 0 Å². The smallest absolute Gasteiger partial charge is 0.332 e. The molecule has 0 aliphatic heterocycles. The van der Waals surface area contributed by atoms with Crippen molar-refractivity contribution >= 4 is 33.2 Å². The van der Waals surface area contributed by atoms with Crippen LogP contribution in [0.5, 0.6) is 0 Å². The summed E-state index contributed by atoms with van der Waals surface area (Å²) < 4.78 is 37.0. The fraction of sp³-hybridized carbons (Fsp3) is 0.444. The van der Waals surface area contributed by atoms with Crippen LogP contribution >= 0.6 is 27.3 Å². The molecule has 1 aromatic heterocycles. The number of hydrogen-bond donors (Lipinski definition) is 0. The molecule has 0 saturated heterocycles. The van der Waals surface area contributed by atoms with Gasteiger partial charge in [-0.2, -0.15) is 13.2 Å². The second kappa shape index (κ2) is 4.75. The van der Waals surface area contributed by atoms with Crippen LogP contribution in [0.4, 0.5) is 13.2 Å². The Balaban J connectivity index is 2.78. The minimum Gasteiger partial charge on any atom is -0.332 e. The quantitative estimate of drug-likeness (QED) is 0.818. The van der Waals surface area contributed by atoms with Crippen LogP contribution in [0.3, 0.4) is 0 Å². The van der Waals surface area contributed by atoms with E-state index >= 15 is 0 Å². The molecule has 0 aromatic carbocycles. The summed E-state index contributed by atoms with van der Waals surface area (Å²) in [5.41, 5.74) is 0.841. The van der Waals surface area contributed by atoms with Crippen LogP contribution in [-0.2, 0) is 0 Å². The molecule has 0 aliphatic carbocycles. The van der Waals surface area contributed by atoms with Crippen molar-refractivity contribution in [3.05, 3.63) is 20.3 Å². The lowest BCUT2D eigenvalue weighted by molar-refractivity contribution is -0.138. The summed E-state index contributed by atoms with van der Waals surface area (Å²) in [5.74, 6) is -0.615. The lowest BCUT2D eigenvalue weighted by atomic mass is 10.3. The summed E-state index contributed by atoms with van der Waals surface area (Å²) in [5, 5.41) is 0. The van der Waals surface area contributed by atoms with Gasteiger partial charge >= 0.3 is 6.18 Å². The standard InChI is InChI=1S/C9H9BrF3NOS/c1-5-3-6(16-7(5)10)8(15)14(2)4-9(11,12)13/h3H,4H2,1-2H3. The molecule has 0 saturated carbocycles. The van der Waals surface area contributed by atoms with Crippen LogP contribution in [0.25, 0.3) is 0 Å². The number of carbonyl (C=O) groups excluding carboxylic acids is 1. The first-order valence-electron chi connectivity index (χ1n) is 4.29. The van der Waals surface area contributed by atoms with E-state index in [0.717, 1.165) is 27.7 Å². The predicted molar refractivity (Wildman–Crippen MR) is 59.8 cm³/mol. The maximum absolute atomic E-state index is 12.1. The van der Waals surface area contributed by atoms with Gasteiger partial charge in [0.15, 0.2) is 0 Å². The molecule has 0 radical (unpaired) electrons. The average Bonchev–Trinajstić information content (AvgIpc) is 2.43. The van der Waals surface area contributed by atoms with Gasteiger partial charge in [-0.3, -0.25) is 4.79 Å². The zero-order valence-electron chi connectivity index (χ0n) is 8.56. The third-order valence-electron chi connectivity index (χ3n) is 1.83. The number of halogens is 4. The van der Waals surface area contributed by atoms with Crippen LogP contribution < -0.4 is 0 Å². The fourth-order valence-corrected chi connectivity index (χ4v) is 2.62. The molecule has 1 heterocycles. The Morgan fingerprint density at radius 2 is 2.12 bits per heavy atom. The molecule has 1 amide bonds. The lowest BCUT2D eigenvalue weighted by Gasteiger charge is -2.17. The number of hydrogen-bond acceptors (Lipinski definition) is 2. The topological polar surface area (TPSA) is 20.3 Å². The van der Waals surface area contributed by atoms with Gasteiger partial charge in [-0.25, -0.2) is 0 Å². The van der Waals surface area contributed by atoms with Gasteiger partial charge in [-0.1, -0.05) is 0 Å². The van der Waals surface area contributed by atoms with E-state index in [1.165, 1.54) is 0 Å². The zero-order valence-corrected chi connectivity index (χ0v) is 11.0. The molecule has 0 aliphatic rings. The molecule has 1 aromatic rings. The SMILES string of the molecule is Cc1cc(C(=O)N(C)CC(F)(F)F)sc1Br. The predicted octanol–water partition coefficient (Wildman–Crippen LogP) is 3.45. The monoisotopic (exact) mass is 315 g/mol. The van der Waals surface area contributed by atoms with Crippen molar-refractivity contribution in [1.29, 1.82) is 0 Å². The van der Waals surface area contributed by atoms with E-state index < -0.39 is 18.6 Å². The van der Waals surface area contributed by atoms with E-state index in [9.17, 15) is 18.0 Å². The molecule has 90 valence electrons. The number of carbonyl (C=O) groups is 1. The second-order valence-electron chi connectivity index (χ2n) is 3.34. The number of rotatable bonds is 2. The molecule has 2 nitrogen and oxygen atoms in total. The highest BCUT2D eigenvalue weighted by Gasteiger charge is 2.31. The van der Waals surface area contributed by atoms with E-state index in [4.69, 9.17) is 0 Å². The first-order valence-corrected chi connectivity index (χ1v) is 5.90. The first kappa shape index (κ1) is 13.5. The molecule has 0 bridgehead atoms. The molecule has 0 spiro atoms. The number of nitrogens with zero attached hydrogens (tertiary/aromatic N) is 1. The highest BCUT2D eigenvalue weighted by atomic mass is 79.9. The summed E-state index contributed by atoms with van der Waals surface area (Å²) in [6.07, 6.45) is -4.37. The van der Waals surface area contributed by atoms with Gasteiger partial charge in [0.1, 0.15) is 6.54 Å². The van der Waals surface area contributed by atoms with Crippen molar-refractivity contribution in [2.75, 3.05) is 13.6 Å². The maximum atomic E-state index is 12.1. The third-order valence-corrected chi connectivity index (χ3v) is 3.96. The summed E-state index contributed by atoms with van der Waals surface area (Å²) in [6.45, 7) is 0.543. The first-order chi connectivity index (χ1) is 7.20. The normalized spacial score (nSPS) is 11.6. The van der Waals surface area contributed by atoms with Gasteiger partial charge in [0.05, 0.1) is 8.66 Å². The van der Waals surface area contributed by atoms with Gasteiger partial charge in [0.2, 0.25) is 0 Å². The number of aryl methyl sites for hydroxylation is 1. The van der Waals surface area contributed by atoms with Crippen LogP contribution in [0.15, 0.2) is 9.85 Å². The summed E-state index contributed by atoms with van der Waals surface area (Å²) in [6, 6.07) is 1.57. The third kappa shape index (κ3) is 3.48. The summed E-state index contributed by atoms with van der Waals surface area (Å²) in [4.78, 5) is 12.6. The van der Waals surface area contributed by atoms with Gasteiger partial charge in [-0.15, -0.1) is 11.3 Å². The molecule has 0 fully saturated rings. The van der Waals surface area contributed by atoms with E-state index in [1.54, 1.807) is 13.0 Å². The number of amides is 1. The Morgan fingerprint density at radius 3 is 2.50 bits per heavy atom. The van der Waals surface area contributed by atoms with E-state index in [0.29, 0.717) is 9.78 Å². The Labute approximate surface area is 103 Å². The van der Waals surface area contributed by atoms with Crippen molar-refractivity contribution in [1.82, 2.24) is 4.90 Å². The molecule has 0 unspecified atom stereocenters. The van der Waals surface area contributed by atoms with Crippen molar-refractivity contribution in [2.24, 2.45) is 0 Å². The Hall–Kier alpha value is -0.560. The molecule has 16 heavy (non-hydrogen) atoms. The van der Waals surface area contributed by atoms with Gasteiger partial charge < -0.3 is 4.90 Å². The Bertz CT molecular complexity index is 382. The van der Waals surface area contributed by atoms with Crippen molar-refractivity contribution < 1.29 is 18.0 Å². The number of alkyl halides is 3. The molecule has 7 heteroatoms. The Morgan fingerprint density at radius 1 is 1.56 bits per heavy atom. The largest absolute Gasteiger partial charge is 0.406 e. The minimum atomic E-state index is -4.37. The van der Waals surface area contributed by atoms with E-state index in [1.807, 2.05) is 0 Å². The maximum Gasteiger partial charge on any atom is 0.406 e. The Kier molecular flexibility index (Phi) is 4.01. The van der Waals surface area contributed by atoms with Crippen molar-refractivity contribution in [2.45, 2.75) is 13.1 Å². The highest BCUT2D eigenvalue weighted by molar-refractivity contribution is 9.11. The van der Waals surface area contributed by atoms with E-state index in [2.05, 4.69) is 15.9 Å². The molecule has 0 N–H and O–H groups in total. The molecule has 1 rings (SSSR count). The zero-order chi connectivity index (χ0) is 12.5. The van der Waals surface area contributed by atoms with Gasteiger partial charge in [-0.05, 0) is 34.5 Å². The van der Waals surface area contributed by atoms with Crippen LogP contribution in [0.1, 0.15) is 15.2 Å². The van der Waals surface area contributed by atoms with Gasteiger partial charge in [0, 0.05) is 7.05 Å². The fourth-order valence-electron chi connectivity index (χ4n) is 1.09. The minimum absolute atomic E-state index is 0.302. The molecule has 0 atom stereocenters. The van der Waals surface area contributed by atoms with Crippen LogP contribution in [0, 0.1) is 6.92 Å². The summed E-state index contributed by atoms with van der Waals surface area (Å²) >= 11 is 4.36. The summed E-state index contributed by atoms with van der Waals surface area (Å²) in [7, 11) is 1.14. The van der Waals surface area contributed by atoms with Crippen LogP contribution in [-0.4, -0.2) is 30.6 Å². The van der Waals surface area contributed by atoms with Crippen LogP contribution in [0.2, 0.25) is 0 Å². The molecular formula is C9H9BrF3NOS. The lowest BCUT2D eigenvalue weighted by Crippen LogP contribution is -2.35. The second-order valence-corrected chi connectivity index (χ2v) is 5.71. The van der Waals surface area contributed by atoms with E-state index in [-0.39, 0.29) is 0 Å². The van der Waals surface area contributed by atoms with Crippen molar-refractivity contribution in [3.8, 4) is 0 Å². The highest BCUT2D eigenvalue weighted by Crippen LogP contribution is 2.28. The average molecular weight is 316 g/mol. The molecular weight excluding hydrogens is 307 g/mol. The number of thiophene rings is 1. The van der Waals surface area contributed by atoms with Gasteiger partial charge in [0.25, 0.3) is 5.91 Å².